The van der Waals surface area contributed by atoms with Crippen LogP contribution >= 0.6 is 34.8 Å². The van der Waals surface area contributed by atoms with Gasteiger partial charge in [-0.2, -0.15) is 0 Å². The fourth-order valence-electron chi connectivity index (χ4n) is 1.77. The number of rotatable bonds is 3. The molecule has 0 heterocycles. The zero-order valence-corrected chi connectivity index (χ0v) is 13.6. The van der Waals surface area contributed by atoms with E-state index in [4.69, 9.17) is 34.8 Å². The lowest BCUT2D eigenvalue weighted by Crippen LogP contribution is -2.14. The quantitative estimate of drug-likeness (QED) is 0.640. The summed E-state index contributed by atoms with van der Waals surface area (Å²) in [5, 5.41) is 3.08. The van der Waals surface area contributed by atoms with Gasteiger partial charge in [0.15, 0.2) is 0 Å². The molecule has 0 fully saturated rings. The lowest BCUT2D eigenvalue weighted by Gasteiger charge is -2.10. The Bertz CT molecular complexity index is 747. The number of nitrogens with one attached hydrogen (secondary N) is 1. The lowest BCUT2D eigenvalue weighted by atomic mass is 10.1. The number of hydrogen-bond donors (Lipinski definition) is 1. The molecule has 0 aliphatic rings. The smallest absolute Gasteiger partial charge is 0.337 e. The third-order valence-electron chi connectivity index (χ3n) is 2.81. The first kappa shape index (κ1) is 16.6. The van der Waals surface area contributed by atoms with Gasteiger partial charge in [-0.25, -0.2) is 4.79 Å². The van der Waals surface area contributed by atoms with E-state index in [-0.39, 0.29) is 20.6 Å². The summed E-state index contributed by atoms with van der Waals surface area (Å²) < 4.78 is 4.62. The van der Waals surface area contributed by atoms with Gasteiger partial charge in [0.2, 0.25) is 0 Å². The minimum atomic E-state index is -0.528. The molecule has 0 spiro atoms. The van der Waals surface area contributed by atoms with E-state index in [9.17, 15) is 9.59 Å². The molecule has 0 saturated carbocycles. The molecule has 0 atom stereocenters. The number of amides is 1. The zero-order valence-electron chi connectivity index (χ0n) is 11.3. The monoisotopic (exact) mass is 357 g/mol. The topological polar surface area (TPSA) is 55.4 Å². The third kappa shape index (κ3) is 3.53. The van der Waals surface area contributed by atoms with Crippen LogP contribution < -0.4 is 5.32 Å². The maximum absolute atomic E-state index is 12.3. The minimum absolute atomic E-state index is 0.0655. The van der Waals surface area contributed by atoms with Crippen LogP contribution in [0.25, 0.3) is 0 Å². The fourth-order valence-corrected chi connectivity index (χ4v) is 2.47. The van der Waals surface area contributed by atoms with Gasteiger partial charge in [0.05, 0.1) is 33.3 Å². The number of benzene rings is 2. The van der Waals surface area contributed by atoms with Crippen molar-refractivity contribution in [2.45, 2.75) is 0 Å². The standard InChI is InChI=1S/C15H10Cl3NO3/c1-22-15(21)8-3-2-4-9(7-8)19-14(20)12-10(16)5-6-11(17)13(12)18/h2-7H,1H3,(H,19,20). The number of hydrogen-bond acceptors (Lipinski definition) is 3. The van der Waals surface area contributed by atoms with Gasteiger partial charge in [-0.1, -0.05) is 40.9 Å². The fraction of sp³-hybridized carbons (Fsp3) is 0.0667. The molecule has 1 N–H and O–H groups in total. The predicted molar refractivity (Wildman–Crippen MR) is 87.2 cm³/mol. The molecule has 0 saturated heterocycles. The number of ether oxygens (including phenoxy) is 1. The molecule has 114 valence electrons. The summed E-state index contributed by atoms with van der Waals surface area (Å²) in [6, 6.07) is 9.27. The van der Waals surface area contributed by atoms with Crippen molar-refractivity contribution in [1.82, 2.24) is 0 Å². The first-order chi connectivity index (χ1) is 10.4. The largest absolute Gasteiger partial charge is 0.465 e. The molecule has 4 nitrogen and oxygen atoms in total. The number of methoxy groups -OCH3 is 1. The summed E-state index contributed by atoms with van der Waals surface area (Å²) in [6.07, 6.45) is 0. The van der Waals surface area contributed by atoms with Crippen molar-refractivity contribution in [2.24, 2.45) is 0 Å². The Labute approximate surface area is 141 Å². The van der Waals surface area contributed by atoms with Crippen LogP contribution in [0.5, 0.6) is 0 Å². The van der Waals surface area contributed by atoms with Crippen molar-refractivity contribution >= 4 is 52.4 Å². The molecule has 0 aromatic heterocycles. The summed E-state index contributed by atoms with van der Waals surface area (Å²) in [5.41, 5.74) is 0.780. The second-order valence-corrected chi connectivity index (χ2v) is 5.44. The molecule has 2 rings (SSSR count). The maximum atomic E-state index is 12.3. The molecule has 0 unspecified atom stereocenters. The highest BCUT2D eigenvalue weighted by molar-refractivity contribution is 6.46. The predicted octanol–water partition coefficient (Wildman–Crippen LogP) is 4.69. The van der Waals surface area contributed by atoms with Crippen LogP contribution in [0.2, 0.25) is 15.1 Å². The van der Waals surface area contributed by atoms with E-state index >= 15 is 0 Å². The van der Waals surface area contributed by atoms with Crippen molar-refractivity contribution in [3.05, 3.63) is 62.6 Å². The molecular formula is C15H10Cl3NO3. The highest BCUT2D eigenvalue weighted by atomic mass is 35.5. The molecule has 0 aliphatic carbocycles. The molecule has 1 amide bonds. The van der Waals surface area contributed by atoms with E-state index in [1.807, 2.05) is 0 Å². The van der Waals surface area contributed by atoms with Crippen molar-refractivity contribution in [3.63, 3.8) is 0 Å². The summed E-state index contributed by atoms with van der Waals surface area (Å²) >= 11 is 17.9. The van der Waals surface area contributed by atoms with Crippen molar-refractivity contribution in [2.75, 3.05) is 12.4 Å². The number of anilines is 1. The van der Waals surface area contributed by atoms with E-state index in [0.29, 0.717) is 11.3 Å². The first-order valence-electron chi connectivity index (χ1n) is 6.07. The lowest BCUT2D eigenvalue weighted by molar-refractivity contribution is 0.0600. The number of esters is 1. The Morgan fingerprint density at radius 2 is 1.73 bits per heavy atom. The number of halogens is 3. The van der Waals surface area contributed by atoms with E-state index in [0.717, 1.165) is 0 Å². The summed E-state index contributed by atoms with van der Waals surface area (Å²) in [7, 11) is 1.28. The van der Waals surface area contributed by atoms with E-state index in [1.165, 1.54) is 25.3 Å². The summed E-state index contributed by atoms with van der Waals surface area (Å²) in [5.74, 6) is -1.03. The average Bonchev–Trinajstić information content (AvgIpc) is 2.51. The molecule has 22 heavy (non-hydrogen) atoms. The second-order valence-electron chi connectivity index (χ2n) is 4.24. The van der Waals surface area contributed by atoms with Gasteiger partial charge < -0.3 is 10.1 Å². The van der Waals surface area contributed by atoms with Gasteiger partial charge in [0.1, 0.15) is 0 Å². The van der Waals surface area contributed by atoms with Gasteiger partial charge >= 0.3 is 5.97 Å². The molecule has 2 aromatic rings. The van der Waals surface area contributed by atoms with Crippen LogP contribution in [0.15, 0.2) is 36.4 Å². The SMILES string of the molecule is COC(=O)c1cccc(NC(=O)c2c(Cl)ccc(Cl)c2Cl)c1. The molecule has 0 bridgehead atoms. The Morgan fingerprint density at radius 1 is 1.05 bits per heavy atom. The van der Waals surface area contributed by atoms with Crippen molar-refractivity contribution < 1.29 is 14.3 Å². The average molecular weight is 359 g/mol. The van der Waals surface area contributed by atoms with Crippen LogP contribution in [0.3, 0.4) is 0 Å². The molecule has 0 radical (unpaired) electrons. The van der Waals surface area contributed by atoms with Crippen molar-refractivity contribution in [3.8, 4) is 0 Å². The first-order valence-corrected chi connectivity index (χ1v) is 7.20. The molecular weight excluding hydrogens is 349 g/mol. The zero-order chi connectivity index (χ0) is 16.3. The number of carbonyl (C=O) groups is 2. The Balaban J connectivity index is 2.30. The summed E-state index contributed by atoms with van der Waals surface area (Å²) in [4.78, 5) is 23.8. The molecule has 2 aromatic carbocycles. The van der Waals surface area contributed by atoms with Gasteiger partial charge in [-0.3, -0.25) is 4.79 Å². The number of carbonyl (C=O) groups excluding carboxylic acids is 2. The second kappa shape index (κ2) is 7.01. The van der Waals surface area contributed by atoms with E-state index in [2.05, 4.69) is 10.1 Å². The Kier molecular flexibility index (Phi) is 5.29. The van der Waals surface area contributed by atoms with Crippen LogP contribution in [-0.2, 0) is 4.74 Å². The van der Waals surface area contributed by atoms with Crippen LogP contribution in [0.4, 0.5) is 5.69 Å². The van der Waals surface area contributed by atoms with Crippen LogP contribution in [0, 0.1) is 0 Å². The van der Waals surface area contributed by atoms with Crippen LogP contribution in [-0.4, -0.2) is 19.0 Å². The van der Waals surface area contributed by atoms with Gasteiger partial charge in [0, 0.05) is 5.69 Å². The van der Waals surface area contributed by atoms with E-state index in [1.54, 1.807) is 18.2 Å². The minimum Gasteiger partial charge on any atom is -0.465 e. The van der Waals surface area contributed by atoms with Gasteiger partial charge in [0.25, 0.3) is 5.91 Å². The molecule has 7 heteroatoms. The van der Waals surface area contributed by atoms with E-state index < -0.39 is 11.9 Å². The summed E-state index contributed by atoms with van der Waals surface area (Å²) in [6.45, 7) is 0. The molecule has 0 aliphatic heterocycles. The Hall–Kier alpha value is -1.75. The highest BCUT2D eigenvalue weighted by Crippen LogP contribution is 2.32. The highest BCUT2D eigenvalue weighted by Gasteiger charge is 2.18. The maximum Gasteiger partial charge on any atom is 0.337 e. The van der Waals surface area contributed by atoms with Crippen LogP contribution in [0.1, 0.15) is 20.7 Å². The van der Waals surface area contributed by atoms with Gasteiger partial charge in [-0.15, -0.1) is 0 Å². The third-order valence-corrected chi connectivity index (χ3v) is 3.93. The Morgan fingerprint density at radius 3 is 2.41 bits per heavy atom. The van der Waals surface area contributed by atoms with Gasteiger partial charge in [-0.05, 0) is 30.3 Å². The normalized spacial score (nSPS) is 10.2. The van der Waals surface area contributed by atoms with Crippen molar-refractivity contribution in [1.29, 1.82) is 0 Å².